The Bertz CT molecular complexity index is 1530. The van der Waals surface area contributed by atoms with Crippen molar-refractivity contribution in [3.63, 3.8) is 0 Å². The second-order valence-corrected chi connectivity index (χ2v) is 9.85. The number of carbonyl (C=O) groups excluding carboxylic acids is 3. The highest BCUT2D eigenvalue weighted by atomic mass is 32.2. The summed E-state index contributed by atoms with van der Waals surface area (Å²) in [5.74, 6) is 0.210. The average Bonchev–Trinajstić information content (AvgIpc) is 3.09. The molecule has 1 atom stereocenters. The summed E-state index contributed by atoms with van der Waals surface area (Å²) in [4.78, 5) is 41.3. The minimum absolute atomic E-state index is 0.110. The van der Waals surface area contributed by atoms with Crippen LogP contribution in [-0.4, -0.2) is 35.0 Å². The number of rotatable bonds is 6. The van der Waals surface area contributed by atoms with Gasteiger partial charge in [-0.05, 0) is 31.2 Å². The molecule has 7 nitrogen and oxygen atoms in total. The zero-order valence-electron chi connectivity index (χ0n) is 20.9. The quantitative estimate of drug-likeness (QED) is 0.372. The van der Waals surface area contributed by atoms with Crippen molar-refractivity contribution in [1.82, 2.24) is 9.88 Å². The molecule has 1 aromatic heterocycles. The molecule has 1 N–H and O–H groups in total. The van der Waals surface area contributed by atoms with Gasteiger partial charge in [-0.1, -0.05) is 60.3 Å². The largest absolute Gasteiger partial charge is 0.496 e. The molecular formula is C29H27N3O4S. The van der Waals surface area contributed by atoms with Gasteiger partial charge in [0.25, 0.3) is 0 Å². The predicted octanol–water partition coefficient (Wildman–Crippen LogP) is 4.89. The Kier molecular flexibility index (Phi) is 6.76. The number of thioether (sulfide) groups is 1. The van der Waals surface area contributed by atoms with Gasteiger partial charge in [0, 0.05) is 46.9 Å². The molecule has 0 saturated heterocycles. The Morgan fingerprint density at radius 1 is 1.05 bits per heavy atom. The second-order valence-electron chi connectivity index (χ2n) is 8.89. The van der Waals surface area contributed by atoms with E-state index in [0.717, 1.165) is 27.1 Å². The van der Waals surface area contributed by atoms with E-state index >= 15 is 0 Å². The molecule has 0 aliphatic carbocycles. The summed E-state index contributed by atoms with van der Waals surface area (Å²) in [6.07, 6.45) is 0. The minimum Gasteiger partial charge on any atom is -0.496 e. The van der Waals surface area contributed by atoms with Crippen molar-refractivity contribution in [3.8, 4) is 5.75 Å². The standard InChI is InChI=1S/C29H27N3O4S/c1-18(33)19-10-8-11-21(15-19)32-25(34)17-37-29-26(22-12-5-6-13-23(22)31(29)2)27(32)28(35)30-16-20-9-4-7-14-24(20)36-3/h4-15,27H,16-17H2,1-3H3,(H,30,35)/t27-/m0/s1. The van der Waals surface area contributed by atoms with E-state index in [2.05, 4.69) is 5.32 Å². The number of Topliss-reactive ketones (excluding diaryl/α,β-unsaturated/α-hetero) is 1. The number of para-hydroxylation sites is 2. The number of hydrogen-bond donors (Lipinski definition) is 1. The van der Waals surface area contributed by atoms with Crippen LogP contribution in [0.15, 0.2) is 77.8 Å². The first kappa shape index (κ1) is 24.6. The Labute approximate surface area is 219 Å². The van der Waals surface area contributed by atoms with E-state index < -0.39 is 6.04 Å². The summed E-state index contributed by atoms with van der Waals surface area (Å²) in [6, 6.07) is 21.4. The number of aryl methyl sites for hydroxylation is 1. The Hall–Kier alpha value is -4.04. The number of benzene rings is 3. The Morgan fingerprint density at radius 2 is 1.81 bits per heavy atom. The lowest BCUT2D eigenvalue weighted by atomic mass is 10.0. The number of nitrogens with one attached hydrogen (secondary N) is 1. The smallest absolute Gasteiger partial charge is 0.248 e. The number of fused-ring (bicyclic) bond motifs is 3. The molecule has 2 amide bonds. The summed E-state index contributed by atoms with van der Waals surface area (Å²) < 4.78 is 7.49. The zero-order chi connectivity index (χ0) is 26.1. The van der Waals surface area contributed by atoms with Crippen LogP contribution in [0, 0.1) is 0 Å². The molecule has 0 unspecified atom stereocenters. The van der Waals surface area contributed by atoms with Crippen LogP contribution in [0.2, 0.25) is 0 Å². The number of nitrogens with zero attached hydrogens (tertiary/aromatic N) is 2. The predicted molar refractivity (Wildman–Crippen MR) is 145 cm³/mol. The van der Waals surface area contributed by atoms with Gasteiger partial charge in [-0.25, -0.2) is 0 Å². The highest BCUT2D eigenvalue weighted by molar-refractivity contribution is 8.00. The van der Waals surface area contributed by atoms with E-state index in [1.807, 2.05) is 60.1 Å². The molecule has 188 valence electrons. The maximum Gasteiger partial charge on any atom is 0.248 e. The third kappa shape index (κ3) is 4.49. The van der Waals surface area contributed by atoms with Crippen LogP contribution in [0.3, 0.4) is 0 Å². The fourth-order valence-corrected chi connectivity index (χ4v) is 5.92. The van der Waals surface area contributed by atoms with Gasteiger partial charge in [0.2, 0.25) is 11.8 Å². The van der Waals surface area contributed by atoms with Crippen LogP contribution in [0.5, 0.6) is 5.75 Å². The van der Waals surface area contributed by atoms with E-state index in [1.165, 1.54) is 23.6 Å². The molecule has 37 heavy (non-hydrogen) atoms. The van der Waals surface area contributed by atoms with Crippen LogP contribution >= 0.6 is 11.8 Å². The highest BCUT2D eigenvalue weighted by Gasteiger charge is 2.39. The van der Waals surface area contributed by atoms with Crippen LogP contribution in [-0.2, 0) is 23.2 Å². The Morgan fingerprint density at radius 3 is 2.59 bits per heavy atom. The first-order chi connectivity index (χ1) is 17.9. The fourth-order valence-electron chi connectivity index (χ4n) is 4.85. The summed E-state index contributed by atoms with van der Waals surface area (Å²) in [5.41, 5.74) is 3.58. The van der Waals surface area contributed by atoms with E-state index in [9.17, 15) is 14.4 Å². The van der Waals surface area contributed by atoms with Crippen molar-refractivity contribution in [2.24, 2.45) is 7.05 Å². The molecule has 0 spiro atoms. The molecule has 5 rings (SSSR count). The van der Waals surface area contributed by atoms with Gasteiger partial charge < -0.3 is 14.6 Å². The topological polar surface area (TPSA) is 80.6 Å². The normalized spacial score (nSPS) is 15.3. The number of ether oxygens (including phenoxy) is 1. The van der Waals surface area contributed by atoms with E-state index in [4.69, 9.17) is 4.74 Å². The number of hydrogen-bond acceptors (Lipinski definition) is 5. The first-order valence-electron chi connectivity index (χ1n) is 11.9. The monoisotopic (exact) mass is 513 g/mol. The molecule has 3 aromatic carbocycles. The maximum absolute atomic E-state index is 14.1. The fraction of sp³-hybridized carbons (Fsp3) is 0.207. The molecule has 1 aliphatic rings. The van der Waals surface area contributed by atoms with Gasteiger partial charge in [0.1, 0.15) is 11.8 Å². The SMILES string of the molecule is COc1ccccc1CNC(=O)[C@@H]1c2c(n(C)c3ccccc23)SCC(=O)N1c1cccc(C(C)=O)c1. The number of anilines is 1. The third-order valence-electron chi connectivity index (χ3n) is 6.65. The number of amides is 2. The van der Waals surface area contributed by atoms with Gasteiger partial charge in [-0.2, -0.15) is 0 Å². The number of aromatic nitrogens is 1. The lowest BCUT2D eigenvalue weighted by molar-refractivity contribution is -0.125. The molecule has 0 saturated carbocycles. The van der Waals surface area contributed by atoms with Crippen LogP contribution in [0.1, 0.15) is 34.5 Å². The molecule has 0 bridgehead atoms. The molecular weight excluding hydrogens is 486 g/mol. The average molecular weight is 514 g/mol. The summed E-state index contributed by atoms with van der Waals surface area (Å²) in [5, 5.41) is 4.83. The first-order valence-corrected chi connectivity index (χ1v) is 12.9. The van der Waals surface area contributed by atoms with Crippen LogP contribution < -0.4 is 15.0 Å². The lowest BCUT2D eigenvalue weighted by Crippen LogP contribution is -2.44. The van der Waals surface area contributed by atoms with Gasteiger partial charge in [0.15, 0.2) is 5.78 Å². The van der Waals surface area contributed by atoms with Crippen LogP contribution in [0.25, 0.3) is 10.9 Å². The van der Waals surface area contributed by atoms with E-state index in [0.29, 0.717) is 17.0 Å². The van der Waals surface area contributed by atoms with Crippen molar-refractivity contribution in [3.05, 3.63) is 89.5 Å². The van der Waals surface area contributed by atoms with Gasteiger partial charge in [-0.15, -0.1) is 0 Å². The molecule has 1 aliphatic heterocycles. The molecule has 4 aromatic rings. The number of ketones is 1. The van der Waals surface area contributed by atoms with Crippen molar-refractivity contribution in [2.75, 3.05) is 17.8 Å². The van der Waals surface area contributed by atoms with Gasteiger partial charge in [0.05, 0.1) is 17.9 Å². The summed E-state index contributed by atoms with van der Waals surface area (Å²) >= 11 is 1.43. The highest BCUT2D eigenvalue weighted by Crippen LogP contribution is 2.43. The molecule has 8 heteroatoms. The van der Waals surface area contributed by atoms with Crippen molar-refractivity contribution in [2.45, 2.75) is 24.5 Å². The zero-order valence-corrected chi connectivity index (χ0v) is 21.7. The lowest BCUT2D eigenvalue weighted by Gasteiger charge is -2.30. The van der Waals surface area contributed by atoms with Crippen molar-refractivity contribution >= 4 is 45.9 Å². The summed E-state index contributed by atoms with van der Waals surface area (Å²) in [6.45, 7) is 1.72. The minimum atomic E-state index is -0.930. The van der Waals surface area contributed by atoms with Gasteiger partial charge in [-0.3, -0.25) is 19.3 Å². The molecule has 2 heterocycles. The third-order valence-corrected chi connectivity index (χ3v) is 7.81. The van der Waals surface area contributed by atoms with Crippen molar-refractivity contribution in [1.29, 1.82) is 0 Å². The molecule has 0 radical (unpaired) electrons. The maximum atomic E-state index is 14.1. The number of carbonyl (C=O) groups is 3. The van der Waals surface area contributed by atoms with Gasteiger partial charge >= 0.3 is 0 Å². The number of methoxy groups -OCH3 is 1. The molecule has 0 fully saturated rings. The van der Waals surface area contributed by atoms with E-state index in [1.54, 1.807) is 31.4 Å². The second kappa shape index (κ2) is 10.1. The Balaban J connectivity index is 1.65. The van der Waals surface area contributed by atoms with E-state index in [-0.39, 0.29) is 29.9 Å². The summed E-state index contributed by atoms with van der Waals surface area (Å²) in [7, 11) is 3.54. The van der Waals surface area contributed by atoms with Crippen LogP contribution in [0.4, 0.5) is 5.69 Å². The van der Waals surface area contributed by atoms with Crippen molar-refractivity contribution < 1.29 is 19.1 Å².